The van der Waals surface area contributed by atoms with Gasteiger partial charge >= 0.3 is 0 Å². The smallest absolute Gasteiger partial charge is 0.240 e. The van der Waals surface area contributed by atoms with Crippen LogP contribution in [0, 0.1) is 5.75 Å². The molecule has 1 rings (SSSR count). The Hall–Kier alpha value is -0.440. The van der Waals surface area contributed by atoms with Crippen molar-refractivity contribution in [1.29, 1.82) is 0 Å². The molecule has 3 heteroatoms. The molecule has 0 aromatic rings. The minimum Gasteiger partial charge on any atom is -0.351 e. The van der Waals surface area contributed by atoms with Crippen molar-refractivity contribution in [1.82, 2.24) is 5.32 Å². The van der Waals surface area contributed by atoms with Crippen molar-refractivity contribution in [3.8, 4) is 0 Å². The summed E-state index contributed by atoms with van der Waals surface area (Å²) < 4.78 is 0. The Kier molecular flexibility index (Phi) is 1.97. The molecular formula is C5H5NOS. The van der Waals surface area contributed by atoms with Crippen LogP contribution in [0.2, 0.25) is 0 Å². The van der Waals surface area contributed by atoms with E-state index in [0.717, 1.165) is 0 Å². The number of rotatable bonds is 0. The zero-order valence-electron chi connectivity index (χ0n) is 4.18. The molecule has 0 saturated heterocycles. The second kappa shape index (κ2) is 2.77. The standard InChI is InChI=1S/C5H5NOS/c7-5-4-8-3-1-2-6-5/h1,3H,2H2,(H,6,7). The van der Waals surface area contributed by atoms with Gasteiger partial charge in [0.2, 0.25) is 5.91 Å². The Balaban J connectivity index is 2.39. The topological polar surface area (TPSA) is 29.1 Å². The van der Waals surface area contributed by atoms with Crippen molar-refractivity contribution in [2.75, 3.05) is 6.54 Å². The molecule has 2 radical (unpaired) electrons. The van der Waals surface area contributed by atoms with Crippen LogP contribution < -0.4 is 5.32 Å². The molecule has 1 amide bonds. The summed E-state index contributed by atoms with van der Waals surface area (Å²) in [6.07, 6.45) is 1.88. The van der Waals surface area contributed by atoms with Crippen LogP contribution in [0.15, 0.2) is 11.5 Å². The second-order valence-corrected chi connectivity index (χ2v) is 2.01. The SMILES string of the molecule is O=C1[C]SC=CCN1. The molecule has 0 fully saturated rings. The largest absolute Gasteiger partial charge is 0.351 e. The van der Waals surface area contributed by atoms with E-state index in [1.807, 2.05) is 11.5 Å². The first-order valence-corrected chi connectivity index (χ1v) is 3.12. The maximum atomic E-state index is 10.4. The maximum Gasteiger partial charge on any atom is 0.240 e. The van der Waals surface area contributed by atoms with Crippen LogP contribution in [0.25, 0.3) is 0 Å². The van der Waals surface area contributed by atoms with Crippen LogP contribution in [-0.4, -0.2) is 12.5 Å². The Labute approximate surface area is 52.3 Å². The molecule has 8 heavy (non-hydrogen) atoms. The van der Waals surface area contributed by atoms with Crippen molar-refractivity contribution in [2.45, 2.75) is 0 Å². The predicted octanol–water partition coefficient (Wildman–Crippen LogP) is 0.402. The molecule has 0 aromatic heterocycles. The molecular weight excluding hydrogens is 122 g/mol. The normalized spacial score (nSPS) is 19.8. The van der Waals surface area contributed by atoms with Gasteiger partial charge in [0.1, 0.15) is 5.75 Å². The Morgan fingerprint density at radius 2 is 2.75 bits per heavy atom. The van der Waals surface area contributed by atoms with Crippen LogP contribution in [0.4, 0.5) is 0 Å². The molecule has 1 aliphatic rings. The van der Waals surface area contributed by atoms with Crippen LogP contribution in [0.3, 0.4) is 0 Å². The highest BCUT2D eigenvalue weighted by Gasteiger charge is 2.01. The highest BCUT2D eigenvalue weighted by Crippen LogP contribution is 2.07. The zero-order valence-corrected chi connectivity index (χ0v) is 4.99. The third kappa shape index (κ3) is 1.58. The van der Waals surface area contributed by atoms with E-state index in [-0.39, 0.29) is 5.91 Å². The summed E-state index contributed by atoms with van der Waals surface area (Å²) in [4.78, 5) is 10.4. The highest BCUT2D eigenvalue weighted by molar-refractivity contribution is 8.04. The van der Waals surface area contributed by atoms with Gasteiger partial charge < -0.3 is 5.32 Å². The summed E-state index contributed by atoms with van der Waals surface area (Å²) in [7, 11) is 0. The molecule has 1 aliphatic heterocycles. The molecule has 0 aliphatic carbocycles. The summed E-state index contributed by atoms with van der Waals surface area (Å²) in [5.41, 5.74) is 0. The maximum absolute atomic E-state index is 10.4. The van der Waals surface area contributed by atoms with E-state index in [4.69, 9.17) is 0 Å². The van der Waals surface area contributed by atoms with Crippen LogP contribution in [-0.2, 0) is 4.79 Å². The second-order valence-electron chi connectivity index (χ2n) is 1.30. The lowest BCUT2D eigenvalue weighted by Crippen LogP contribution is -2.20. The third-order valence-corrected chi connectivity index (χ3v) is 1.33. The highest BCUT2D eigenvalue weighted by atomic mass is 32.2. The van der Waals surface area contributed by atoms with Gasteiger partial charge in [-0.15, -0.1) is 11.8 Å². The van der Waals surface area contributed by atoms with Gasteiger partial charge in [0, 0.05) is 6.54 Å². The number of thioether (sulfide) groups is 1. The average Bonchev–Trinajstić information content (AvgIpc) is 1.94. The lowest BCUT2D eigenvalue weighted by Gasteiger charge is -1.91. The fourth-order valence-electron chi connectivity index (χ4n) is 0.371. The van der Waals surface area contributed by atoms with Gasteiger partial charge in [0.05, 0.1) is 0 Å². The molecule has 0 atom stereocenters. The molecule has 2 nitrogen and oxygen atoms in total. The van der Waals surface area contributed by atoms with E-state index in [1.165, 1.54) is 11.8 Å². The van der Waals surface area contributed by atoms with E-state index in [1.54, 1.807) is 0 Å². The average molecular weight is 127 g/mol. The summed E-state index contributed by atoms with van der Waals surface area (Å²) in [5, 5.41) is 4.42. The number of carbonyl (C=O) groups is 1. The van der Waals surface area contributed by atoms with Crippen molar-refractivity contribution in [3.05, 3.63) is 17.2 Å². The first-order valence-electron chi connectivity index (χ1n) is 2.24. The van der Waals surface area contributed by atoms with Crippen molar-refractivity contribution >= 4 is 17.7 Å². The van der Waals surface area contributed by atoms with Gasteiger partial charge in [-0.25, -0.2) is 0 Å². The fraction of sp³-hybridized carbons (Fsp3) is 0.200. The van der Waals surface area contributed by atoms with Crippen molar-refractivity contribution in [2.24, 2.45) is 0 Å². The van der Waals surface area contributed by atoms with E-state index >= 15 is 0 Å². The molecule has 1 N–H and O–H groups in total. The summed E-state index contributed by atoms with van der Waals surface area (Å²) >= 11 is 1.28. The lowest BCUT2D eigenvalue weighted by atomic mass is 10.6. The molecule has 0 bridgehead atoms. The van der Waals surface area contributed by atoms with E-state index in [9.17, 15) is 4.79 Å². The van der Waals surface area contributed by atoms with Gasteiger partial charge in [0.25, 0.3) is 0 Å². The first-order chi connectivity index (χ1) is 3.89. The first kappa shape index (κ1) is 5.69. The summed E-state index contributed by atoms with van der Waals surface area (Å²) in [5.74, 6) is 2.40. The van der Waals surface area contributed by atoms with E-state index in [2.05, 4.69) is 11.1 Å². The zero-order chi connectivity index (χ0) is 5.82. The summed E-state index contributed by atoms with van der Waals surface area (Å²) in [6, 6.07) is 0. The van der Waals surface area contributed by atoms with E-state index in [0.29, 0.717) is 6.54 Å². The van der Waals surface area contributed by atoms with Gasteiger partial charge in [0.15, 0.2) is 0 Å². The van der Waals surface area contributed by atoms with Gasteiger partial charge in [-0.1, -0.05) is 6.08 Å². The van der Waals surface area contributed by atoms with Gasteiger partial charge in [-0.05, 0) is 5.41 Å². The minimum absolute atomic E-state index is 0.125. The number of hydrogen-bond acceptors (Lipinski definition) is 2. The molecule has 42 valence electrons. The van der Waals surface area contributed by atoms with Crippen LogP contribution in [0.5, 0.6) is 0 Å². The number of amides is 1. The lowest BCUT2D eigenvalue weighted by molar-refractivity contribution is -0.116. The molecule has 1 heterocycles. The van der Waals surface area contributed by atoms with Gasteiger partial charge in [-0.2, -0.15) is 0 Å². The number of hydrogen-bond donors (Lipinski definition) is 1. The Morgan fingerprint density at radius 3 is 3.62 bits per heavy atom. The Morgan fingerprint density at radius 1 is 1.88 bits per heavy atom. The third-order valence-electron chi connectivity index (χ3n) is 0.696. The van der Waals surface area contributed by atoms with Crippen molar-refractivity contribution < 1.29 is 4.79 Å². The monoisotopic (exact) mass is 127 g/mol. The Bertz CT molecular complexity index is 110. The molecule has 0 unspecified atom stereocenters. The molecule has 0 spiro atoms. The van der Waals surface area contributed by atoms with Gasteiger partial charge in [-0.3, -0.25) is 4.79 Å². The number of nitrogens with one attached hydrogen (secondary N) is 1. The van der Waals surface area contributed by atoms with Crippen molar-refractivity contribution in [3.63, 3.8) is 0 Å². The molecule has 0 aromatic carbocycles. The van der Waals surface area contributed by atoms with E-state index < -0.39 is 0 Å². The fourth-order valence-corrected chi connectivity index (χ4v) is 0.811. The predicted molar refractivity (Wildman–Crippen MR) is 33.0 cm³/mol. The molecule has 0 saturated carbocycles. The number of carbonyl (C=O) groups excluding carboxylic acids is 1. The van der Waals surface area contributed by atoms with Crippen LogP contribution >= 0.6 is 11.8 Å². The summed E-state index contributed by atoms with van der Waals surface area (Å²) in [6.45, 7) is 0.624. The van der Waals surface area contributed by atoms with Crippen LogP contribution in [0.1, 0.15) is 0 Å². The quantitative estimate of drug-likeness (QED) is 0.510. The minimum atomic E-state index is -0.125.